The molecule has 1 aromatic rings. The number of amides is 2. The highest BCUT2D eigenvalue weighted by Crippen LogP contribution is 2.26. The van der Waals surface area contributed by atoms with Crippen molar-refractivity contribution in [2.45, 2.75) is 45.1 Å². The highest BCUT2D eigenvalue weighted by atomic mass is 16.2. The van der Waals surface area contributed by atoms with Crippen molar-refractivity contribution in [2.24, 2.45) is 11.7 Å². The van der Waals surface area contributed by atoms with Gasteiger partial charge in [-0.05, 0) is 43.0 Å². The molecule has 1 aliphatic rings. The van der Waals surface area contributed by atoms with E-state index in [0.29, 0.717) is 23.7 Å². The molecular weight excluding hydrogens is 278 g/mol. The van der Waals surface area contributed by atoms with E-state index in [1.54, 1.807) is 24.3 Å². The maximum atomic E-state index is 12.3. The molecule has 1 fully saturated rings. The third-order valence-electron chi connectivity index (χ3n) is 4.26. The van der Waals surface area contributed by atoms with Gasteiger partial charge in [0.25, 0.3) is 5.91 Å². The molecule has 0 radical (unpaired) electrons. The van der Waals surface area contributed by atoms with Crippen LogP contribution in [0.5, 0.6) is 0 Å². The largest absolute Gasteiger partial charge is 0.348 e. The van der Waals surface area contributed by atoms with Gasteiger partial charge in [-0.3, -0.25) is 9.59 Å². The molecule has 0 heterocycles. The van der Waals surface area contributed by atoms with Crippen molar-refractivity contribution >= 4 is 17.5 Å². The first kappa shape index (κ1) is 16.5. The SMILES string of the molecule is CC(=O)Nc1ccc(C(=O)NC(CN)C2CCCCC2)cc1. The average Bonchev–Trinajstić information content (AvgIpc) is 2.53. The van der Waals surface area contributed by atoms with E-state index >= 15 is 0 Å². The van der Waals surface area contributed by atoms with E-state index in [2.05, 4.69) is 10.6 Å². The maximum absolute atomic E-state index is 12.3. The molecule has 1 atom stereocenters. The third kappa shape index (κ3) is 4.56. The summed E-state index contributed by atoms with van der Waals surface area (Å²) in [4.78, 5) is 23.3. The molecule has 1 aromatic carbocycles. The van der Waals surface area contributed by atoms with Gasteiger partial charge in [0.2, 0.25) is 5.91 Å². The molecule has 22 heavy (non-hydrogen) atoms. The maximum Gasteiger partial charge on any atom is 0.251 e. The number of rotatable bonds is 5. The first-order valence-electron chi connectivity index (χ1n) is 7.98. The number of hydrogen-bond acceptors (Lipinski definition) is 3. The van der Waals surface area contributed by atoms with Gasteiger partial charge in [-0.1, -0.05) is 19.3 Å². The zero-order chi connectivity index (χ0) is 15.9. The molecule has 1 aliphatic carbocycles. The van der Waals surface area contributed by atoms with Crippen LogP contribution < -0.4 is 16.4 Å². The normalized spacial score (nSPS) is 16.8. The summed E-state index contributed by atoms with van der Waals surface area (Å²) in [6.45, 7) is 1.93. The quantitative estimate of drug-likeness (QED) is 0.780. The van der Waals surface area contributed by atoms with E-state index in [-0.39, 0.29) is 17.9 Å². The first-order valence-corrected chi connectivity index (χ1v) is 7.98. The molecule has 2 rings (SSSR count). The summed E-state index contributed by atoms with van der Waals surface area (Å²) in [7, 11) is 0. The molecule has 1 saturated carbocycles. The molecule has 120 valence electrons. The van der Waals surface area contributed by atoms with E-state index in [1.807, 2.05) is 0 Å². The van der Waals surface area contributed by atoms with Crippen molar-refractivity contribution in [1.82, 2.24) is 5.32 Å². The predicted molar refractivity (Wildman–Crippen MR) is 87.6 cm³/mol. The fourth-order valence-corrected chi connectivity index (χ4v) is 3.07. The number of carbonyl (C=O) groups excluding carboxylic acids is 2. The second-order valence-electron chi connectivity index (χ2n) is 5.97. The van der Waals surface area contributed by atoms with E-state index in [0.717, 1.165) is 12.8 Å². The number of anilines is 1. The van der Waals surface area contributed by atoms with E-state index in [4.69, 9.17) is 5.73 Å². The fourth-order valence-electron chi connectivity index (χ4n) is 3.07. The molecule has 0 bridgehead atoms. The van der Waals surface area contributed by atoms with Crippen molar-refractivity contribution in [1.29, 1.82) is 0 Å². The van der Waals surface area contributed by atoms with Crippen LogP contribution in [-0.4, -0.2) is 24.4 Å². The summed E-state index contributed by atoms with van der Waals surface area (Å²) in [5, 5.41) is 5.75. The van der Waals surface area contributed by atoms with E-state index in [1.165, 1.54) is 26.2 Å². The highest BCUT2D eigenvalue weighted by Gasteiger charge is 2.24. The van der Waals surface area contributed by atoms with Gasteiger partial charge in [0.05, 0.1) is 0 Å². The monoisotopic (exact) mass is 303 g/mol. The molecule has 0 aromatic heterocycles. The van der Waals surface area contributed by atoms with Gasteiger partial charge in [-0.15, -0.1) is 0 Å². The Kier molecular flexibility index (Phi) is 5.95. The molecular formula is C17H25N3O2. The van der Waals surface area contributed by atoms with Crippen LogP contribution in [0.15, 0.2) is 24.3 Å². The Morgan fingerprint density at radius 2 is 1.82 bits per heavy atom. The van der Waals surface area contributed by atoms with Crippen molar-refractivity contribution in [3.63, 3.8) is 0 Å². The lowest BCUT2D eigenvalue weighted by Gasteiger charge is -2.30. The number of benzene rings is 1. The molecule has 4 N–H and O–H groups in total. The van der Waals surface area contributed by atoms with Gasteiger partial charge < -0.3 is 16.4 Å². The lowest BCUT2D eigenvalue weighted by atomic mass is 9.84. The smallest absolute Gasteiger partial charge is 0.251 e. The highest BCUT2D eigenvalue weighted by molar-refractivity contribution is 5.95. The van der Waals surface area contributed by atoms with Gasteiger partial charge in [-0.2, -0.15) is 0 Å². The Morgan fingerprint density at radius 3 is 2.36 bits per heavy atom. The minimum absolute atomic E-state index is 0.0443. The summed E-state index contributed by atoms with van der Waals surface area (Å²) in [5.41, 5.74) is 7.12. The summed E-state index contributed by atoms with van der Waals surface area (Å²) in [6.07, 6.45) is 6.02. The zero-order valence-electron chi connectivity index (χ0n) is 13.1. The van der Waals surface area contributed by atoms with Crippen LogP contribution in [0.1, 0.15) is 49.4 Å². The molecule has 1 unspecified atom stereocenters. The van der Waals surface area contributed by atoms with Crippen molar-refractivity contribution < 1.29 is 9.59 Å². The van der Waals surface area contributed by atoms with Gasteiger partial charge in [0.1, 0.15) is 0 Å². The Balaban J connectivity index is 1.96. The minimum atomic E-state index is -0.127. The second kappa shape index (κ2) is 7.94. The van der Waals surface area contributed by atoms with Crippen LogP contribution in [0.3, 0.4) is 0 Å². The van der Waals surface area contributed by atoms with Gasteiger partial charge in [0.15, 0.2) is 0 Å². The third-order valence-corrected chi connectivity index (χ3v) is 4.26. The van der Waals surface area contributed by atoms with Crippen LogP contribution in [-0.2, 0) is 4.79 Å². The molecule has 0 aliphatic heterocycles. The van der Waals surface area contributed by atoms with Crippen molar-refractivity contribution in [2.75, 3.05) is 11.9 Å². The lowest BCUT2D eigenvalue weighted by molar-refractivity contribution is -0.114. The topological polar surface area (TPSA) is 84.2 Å². The Morgan fingerprint density at radius 1 is 1.18 bits per heavy atom. The number of carbonyl (C=O) groups is 2. The Hall–Kier alpha value is -1.88. The van der Waals surface area contributed by atoms with Crippen LogP contribution in [0.4, 0.5) is 5.69 Å². The van der Waals surface area contributed by atoms with Gasteiger partial charge >= 0.3 is 0 Å². The summed E-state index contributed by atoms with van der Waals surface area (Å²) >= 11 is 0. The van der Waals surface area contributed by atoms with Crippen LogP contribution in [0.2, 0.25) is 0 Å². The molecule has 2 amide bonds. The fraction of sp³-hybridized carbons (Fsp3) is 0.529. The van der Waals surface area contributed by atoms with Gasteiger partial charge in [-0.25, -0.2) is 0 Å². The second-order valence-corrected chi connectivity index (χ2v) is 5.97. The van der Waals surface area contributed by atoms with E-state index in [9.17, 15) is 9.59 Å². The molecule has 5 nitrogen and oxygen atoms in total. The minimum Gasteiger partial charge on any atom is -0.348 e. The standard InChI is InChI=1S/C17H25N3O2/c1-12(21)19-15-9-7-14(8-10-15)17(22)20-16(11-18)13-5-3-2-4-6-13/h7-10,13,16H,2-6,11,18H2,1H3,(H,19,21)(H,20,22). The first-order chi connectivity index (χ1) is 10.6. The van der Waals surface area contributed by atoms with Crippen LogP contribution in [0.25, 0.3) is 0 Å². The predicted octanol–water partition coefficient (Wildman–Crippen LogP) is 2.28. The lowest BCUT2D eigenvalue weighted by Crippen LogP contribution is -2.45. The molecule has 5 heteroatoms. The Labute approximate surface area is 131 Å². The van der Waals surface area contributed by atoms with Crippen LogP contribution in [0, 0.1) is 5.92 Å². The summed E-state index contributed by atoms with van der Waals surface area (Å²) in [5.74, 6) is 0.259. The molecule has 0 spiro atoms. The number of nitrogens with two attached hydrogens (primary N) is 1. The summed E-state index contributed by atoms with van der Waals surface area (Å²) in [6, 6.07) is 6.94. The van der Waals surface area contributed by atoms with E-state index < -0.39 is 0 Å². The average molecular weight is 303 g/mol. The van der Waals surface area contributed by atoms with Crippen molar-refractivity contribution in [3.05, 3.63) is 29.8 Å². The number of nitrogens with one attached hydrogen (secondary N) is 2. The Bertz CT molecular complexity index is 507. The zero-order valence-corrected chi connectivity index (χ0v) is 13.1. The number of hydrogen-bond donors (Lipinski definition) is 3. The van der Waals surface area contributed by atoms with Gasteiger partial charge in [0, 0.05) is 30.8 Å². The van der Waals surface area contributed by atoms with Crippen molar-refractivity contribution in [3.8, 4) is 0 Å². The summed E-state index contributed by atoms with van der Waals surface area (Å²) < 4.78 is 0. The molecule has 0 saturated heterocycles. The van der Waals surface area contributed by atoms with Crippen LogP contribution >= 0.6 is 0 Å².